The van der Waals surface area contributed by atoms with Crippen molar-refractivity contribution >= 4 is 0 Å². The van der Waals surface area contributed by atoms with Crippen LogP contribution in [0.2, 0.25) is 0 Å². The molecular formula is C13H17N3O. The number of ether oxygens (including phenoxy) is 1. The number of rotatable bonds is 4. The summed E-state index contributed by atoms with van der Waals surface area (Å²) >= 11 is 0. The second kappa shape index (κ2) is 5.15. The Balaban J connectivity index is 2.24. The summed E-state index contributed by atoms with van der Waals surface area (Å²) in [5.41, 5.74) is 2.85. The highest BCUT2D eigenvalue weighted by Gasteiger charge is 2.18. The number of likely N-dealkylation sites (N-methyl/N-ethyl adjacent to an activating group) is 1. The Morgan fingerprint density at radius 3 is 3.12 bits per heavy atom. The van der Waals surface area contributed by atoms with Gasteiger partial charge in [0.05, 0.1) is 0 Å². The van der Waals surface area contributed by atoms with Crippen molar-refractivity contribution in [3.63, 3.8) is 0 Å². The van der Waals surface area contributed by atoms with E-state index in [0.717, 1.165) is 31.5 Å². The summed E-state index contributed by atoms with van der Waals surface area (Å²) in [7, 11) is 1.88. The number of fused-ring (bicyclic) bond motifs is 1. The summed E-state index contributed by atoms with van der Waals surface area (Å²) in [6.45, 7) is 2.70. The Labute approximate surface area is 102 Å². The van der Waals surface area contributed by atoms with Gasteiger partial charge in [0.25, 0.3) is 0 Å². The highest BCUT2D eigenvalue weighted by atomic mass is 16.5. The molecule has 4 heteroatoms. The first-order valence-electron chi connectivity index (χ1n) is 5.98. The second-order valence-corrected chi connectivity index (χ2v) is 4.40. The molecule has 0 radical (unpaired) electrons. The van der Waals surface area contributed by atoms with Crippen molar-refractivity contribution in [3.05, 3.63) is 22.9 Å². The smallest absolute Gasteiger partial charge is 0.232 e. The number of pyridine rings is 1. The fourth-order valence-electron chi connectivity index (χ4n) is 2.14. The zero-order chi connectivity index (χ0) is 12.3. The average Bonchev–Trinajstić information content (AvgIpc) is 2.75. The quantitative estimate of drug-likeness (QED) is 0.851. The molecule has 0 saturated carbocycles. The number of hydrogen-bond acceptors (Lipinski definition) is 4. The van der Waals surface area contributed by atoms with Gasteiger partial charge in [0.15, 0.2) is 0 Å². The van der Waals surface area contributed by atoms with Crippen molar-refractivity contribution < 1.29 is 4.74 Å². The monoisotopic (exact) mass is 231 g/mol. The van der Waals surface area contributed by atoms with Gasteiger partial charge >= 0.3 is 0 Å². The number of aromatic nitrogens is 1. The van der Waals surface area contributed by atoms with Crippen molar-refractivity contribution in [1.29, 1.82) is 5.26 Å². The fraction of sp³-hybridized carbons (Fsp3) is 0.538. The molecular weight excluding hydrogens is 214 g/mol. The van der Waals surface area contributed by atoms with Gasteiger partial charge in [-0.3, -0.25) is 0 Å². The van der Waals surface area contributed by atoms with Crippen LogP contribution in [-0.2, 0) is 12.8 Å². The van der Waals surface area contributed by atoms with Crippen LogP contribution < -0.4 is 10.1 Å². The number of nitriles is 1. The summed E-state index contributed by atoms with van der Waals surface area (Å²) in [6.07, 6.45) is 3.17. The molecule has 1 aromatic rings. The lowest BCUT2D eigenvalue weighted by Gasteiger charge is -2.15. The third kappa shape index (κ3) is 2.56. The zero-order valence-corrected chi connectivity index (χ0v) is 10.3. The third-order valence-electron chi connectivity index (χ3n) is 2.94. The summed E-state index contributed by atoms with van der Waals surface area (Å²) in [5.74, 6) is 0.482. The summed E-state index contributed by atoms with van der Waals surface area (Å²) < 4.78 is 5.71. The minimum Gasteiger partial charge on any atom is -0.472 e. The van der Waals surface area contributed by atoms with Crippen LogP contribution in [0.3, 0.4) is 0 Å². The standard InChI is InChI=1S/C13H17N3O/c1-9(8-15-2)17-13-11(7-14)6-10-4-3-5-12(10)16-13/h6,9,15H,3-5,8H2,1-2H3. The molecule has 0 saturated heterocycles. The van der Waals surface area contributed by atoms with Gasteiger partial charge in [-0.05, 0) is 44.9 Å². The van der Waals surface area contributed by atoms with Gasteiger partial charge in [0, 0.05) is 12.2 Å². The van der Waals surface area contributed by atoms with Crippen LogP contribution in [0.5, 0.6) is 5.88 Å². The van der Waals surface area contributed by atoms with Gasteiger partial charge < -0.3 is 10.1 Å². The summed E-state index contributed by atoms with van der Waals surface area (Å²) in [6, 6.07) is 4.09. The van der Waals surface area contributed by atoms with Crippen LogP contribution in [-0.4, -0.2) is 24.7 Å². The zero-order valence-electron chi connectivity index (χ0n) is 10.3. The molecule has 1 aromatic heterocycles. The van der Waals surface area contributed by atoms with Gasteiger partial charge in [-0.2, -0.15) is 5.26 Å². The fourth-order valence-corrected chi connectivity index (χ4v) is 2.14. The topological polar surface area (TPSA) is 57.9 Å². The van der Waals surface area contributed by atoms with Crippen LogP contribution in [0, 0.1) is 11.3 Å². The highest BCUT2D eigenvalue weighted by Crippen LogP contribution is 2.26. The van der Waals surface area contributed by atoms with Crippen molar-refractivity contribution in [2.24, 2.45) is 0 Å². The number of aryl methyl sites for hydroxylation is 2. The summed E-state index contributed by atoms with van der Waals surface area (Å²) in [5, 5.41) is 12.1. The average molecular weight is 231 g/mol. The van der Waals surface area contributed by atoms with Crippen LogP contribution in [0.4, 0.5) is 0 Å². The minimum atomic E-state index is 0.0130. The van der Waals surface area contributed by atoms with Crippen LogP contribution in [0.25, 0.3) is 0 Å². The van der Waals surface area contributed by atoms with E-state index in [2.05, 4.69) is 16.4 Å². The second-order valence-electron chi connectivity index (χ2n) is 4.40. The lowest BCUT2D eigenvalue weighted by atomic mass is 10.1. The minimum absolute atomic E-state index is 0.0130. The lowest BCUT2D eigenvalue weighted by molar-refractivity contribution is 0.211. The molecule has 1 aliphatic carbocycles. The lowest BCUT2D eigenvalue weighted by Crippen LogP contribution is -2.26. The normalized spacial score (nSPS) is 15.1. The van der Waals surface area contributed by atoms with E-state index in [-0.39, 0.29) is 6.10 Å². The van der Waals surface area contributed by atoms with Gasteiger partial charge in [0.1, 0.15) is 17.7 Å². The van der Waals surface area contributed by atoms with Gasteiger partial charge in [-0.25, -0.2) is 4.98 Å². The van der Waals surface area contributed by atoms with Crippen molar-refractivity contribution in [2.45, 2.75) is 32.3 Å². The molecule has 0 amide bonds. The molecule has 1 N–H and O–H groups in total. The first kappa shape index (κ1) is 11.9. The van der Waals surface area contributed by atoms with Crippen LogP contribution >= 0.6 is 0 Å². The first-order valence-corrected chi connectivity index (χ1v) is 5.98. The molecule has 90 valence electrons. The molecule has 1 heterocycles. The van der Waals surface area contributed by atoms with E-state index in [4.69, 9.17) is 10.00 Å². The Morgan fingerprint density at radius 1 is 1.59 bits per heavy atom. The number of nitrogens with zero attached hydrogens (tertiary/aromatic N) is 2. The SMILES string of the molecule is CNCC(C)Oc1nc2c(cc1C#N)CCC2. The molecule has 1 atom stereocenters. The Morgan fingerprint density at radius 2 is 2.41 bits per heavy atom. The number of hydrogen-bond donors (Lipinski definition) is 1. The van der Waals surface area contributed by atoms with E-state index in [1.807, 2.05) is 20.0 Å². The molecule has 2 rings (SSSR count). The molecule has 17 heavy (non-hydrogen) atoms. The largest absolute Gasteiger partial charge is 0.472 e. The van der Waals surface area contributed by atoms with E-state index < -0.39 is 0 Å². The van der Waals surface area contributed by atoms with E-state index in [9.17, 15) is 0 Å². The molecule has 0 aromatic carbocycles. The molecule has 1 unspecified atom stereocenters. The Hall–Kier alpha value is -1.60. The van der Waals surface area contributed by atoms with Crippen molar-refractivity contribution in [2.75, 3.05) is 13.6 Å². The van der Waals surface area contributed by atoms with Crippen LogP contribution in [0.15, 0.2) is 6.07 Å². The van der Waals surface area contributed by atoms with Gasteiger partial charge in [-0.15, -0.1) is 0 Å². The highest BCUT2D eigenvalue weighted by molar-refractivity contribution is 5.44. The Bertz CT molecular complexity index is 451. The molecule has 0 spiro atoms. The van der Waals surface area contributed by atoms with Crippen molar-refractivity contribution in [1.82, 2.24) is 10.3 Å². The Kier molecular flexibility index (Phi) is 3.60. The molecule has 0 aliphatic heterocycles. The maximum absolute atomic E-state index is 9.11. The van der Waals surface area contributed by atoms with E-state index in [1.54, 1.807) is 0 Å². The van der Waals surface area contributed by atoms with Crippen molar-refractivity contribution in [3.8, 4) is 11.9 Å². The predicted octanol–water partition coefficient (Wildman–Crippen LogP) is 1.43. The third-order valence-corrected chi connectivity index (χ3v) is 2.94. The number of nitrogens with one attached hydrogen (secondary N) is 1. The molecule has 4 nitrogen and oxygen atoms in total. The summed E-state index contributed by atoms with van der Waals surface area (Å²) in [4.78, 5) is 4.47. The van der Waals surface area contributed by atoms with E-state index in [0.29, 0.717) is 11.4 Å². The molecule has 1 aliphatic rings. The van der Waals surface area contributed by atoms with Crippen LogP contribution in [0.1, 0.15) is 30.2 Å². The van der Waals surface area contributed by atoms with Gasteiger partial charge in [0.2, 0.25) is 5.88 Å². The van der Waals surface area contributed by atoms with Gasteiger partial charge in [-0.1, -0.05) is 0 Å². The first-order chi connectivity index (χ1) is 8.24. The maximum atomic E-state index is 9.11. The predicted molar refractivity (Wildman–Crippen MR) is 65.0 cm³/mol. The maximum Gasteiger partial charge on any atom is 0.232 e. The van der Waals surface area contributed by atoms with E-state index >= 15 is 0 Å². The van der Waals surface area contributed by atoms with E-state index in [1.165, 1.54) is 5.56 Å². The molecule has 0 fully saturated rings. The molecule has 0 bridgehead atoms.